The first-order valence-electron chi connectivity index (χ1n) is 6.34. The van der Waals surface area contributed by atoms with E-state index in [1.165, 1.54) is 12.8 Å². The van der Waals surface area contributed by atoms with Gasteiger partial charge in [0, 0.05) is 19.1 Å². The second-order valence-electron chi connectivity index (χ2n) is 5.30. The maximum atomic E-state index is 11.0. The van der Waals surface area contributed by atoms with Crippen LogP contribution < -0.4 is 5.32 Å². The third-order valence-electron chi connectivity index (χ3n) is 4.01. The zero-order valence-electron chi connectivity index (χ0n) is 9.98. The lowest BCUT2D eigenvalue weighted by Gasteiger charge is -2.40. The number of carboxylic acid groups (broad SMARTS) is 1. The molecule has 4 nitrogen and oxygen atoms in total. The average molecular weight is 226 g/mol. The van der Waals surface area contributed by atoms with Crippen molar-refractivity contribution in [2.45, 2.75) is 32.2 Å². The van der Waals surface area contributed by atoms with Gasteiger partial charge >= 0.3 is 5.97 Å². The molecular formula is C12H22N2O2. The summed E-state index contributed by atoms with van der Waals surface area (Å²) in [6, 6.07) is 0.433. The molecule has 0 unspecified atom stereocenters. The molecule has 2 N–H and O–H groups in total. The first kappa shape index (κ1) is 11.9. The summed E-state index contributed by atoms with van der Waals surface area (Å²) >= 11 is 0. The molecule has 2 saturated heterocycles. The van der Waals surface area contributed by atoms with Gasteiger partial charge in [-0.1, -0.05) is 6.92 Å². The Morgan fingerprint density at radius 2 is 2.00 bits per heavy atom. The summed E-state index contributed by atoms with van der Waals surface area (Å²) in [6.07, 6.45) is 3.33. The third-order valence-corrected chi connectivity index (χ3v) is 4.01. The van der Waals surface area contributed by atoms with Crippen LogP contribution in [0.5, 0.6) is 0 Å². The van der Waals surface area contributed by atoms with E-state index < -0.39 is 5.97 Å². The minimum Gasteiger partial charge on any atom is -0.481 e. The minimum absolute atomic E-state index is 0.196. The second kappa shape index (κ2) is 5.15. The van der Waals surface area contributed by atoms with E-state index in [9.17, 15) is 4.79 Å². The third kappa shape index (κ3) is 2.74. The molecule has 0 spiro atoms. The molecule has 0 aromatic carbocycles. The van der Waals surface area contributed by atoms with E-state index in [1.807, 2.05) is 0 Å². The van der Waals surface area contributed by atoms with Gasteiger partial charge < -0.3 is 10.4 Å². The van der Waals surface area contributed by atoms with Crippen molar-refractivity contribution >= 4 is 5.97 Å². The van der Waals surface area contributed by atoms with Crippen molar-refractivity contribution in [2.24, 2.45) is 11.8 Å². The van der Waals surface area contributed by atoms with E-state index in [2.05, 4.69) is 17.1 Å². The Kier molecular flexibility index (Phi) is 3.82. The Balaban J connectivity index is 1.87. The number of piperidine rings is 2. The van der Waals surface area contributed by atoms with Crippen molar-refractivity contribution in [1.29, 1.82) is 0 Å². The molecule has 2 fully saturated rings. The number of aliphatic carboxylic acids is 1. The van der Waals surface area contributed by atoms with Gasteiger partial charge in [-0.2, -0.15) is 0 Å². The van der Waals surface area contributed by atoms with Gasteiger partial charge in [-0.05, 0) is 38.3 Å². The zero-order valence-corrected chi connectivity index (χ0v) is 9.98. The van der Waals surface area contributed by atoms with E-state index in [4.69, 9.17) is 5.11 Å². The van der Waals surface area contributed by atoms with Gasteiger partial charge in [0.05, 0.1) is 5.92 Å². The number of carbonyl (C=O) groups is 1. The SMILES string of the molecule is CC1CCN([C@H]2CNC[C@@H](C(=O)O)C2)CC1. The number of rotatable bonds is 2. The topological polar surface area (TPSA) is 52.6 Å². The average Bonchev–Trinajstić information content (AvgIpc) is 2.30. The van der Waals surface area contributed by atoms with Crippen molar-refractivity contribution in [2.75, 3.05) is 26.2 Å². The van der Waals surface area contributed by atoms with Gasteiger partial charge in [0.2, 0.25) is 0 Å². The number of carboxylic acids is 1. The van der Waals surface area contributed by atoms with Crippen LogP contribution >= 0.6 is 0 Å². The number of hydrogen-bond acceptors (Lipinski definition) is 3. The molecule has 0 aliphatic carbocycles. The van der Waals surface area contributed by atoms with Crippen molar-refractivity contribution in [3.05, 3.63) is 0 Å². The fourth-order valence-electron chi connectivity index (χ4n) is 2.78. The first-order valence-corrected chi connectivity index (χ1v) is 6.34. The highest BCUT2D eigenvalue weighted by Crippen LogP contribution is 2.22. The quantitative estimate of drug-likeness (QED) is 0.730. The van der Waals surface area contributed by atoms with Crippen molar-refractivity contribution in [3.63, 3.8) is 0 Å². The van der Waals surface area contributed by atoms with Gasteiger partial charge in [0.15, 0.2) is 0 Å². The van der Waals surface area contributed by atoms with E-state index in [-0.39, 0.29) is 5.92 Å². The van der Waals surface area contributed by atoms with Crippen molar-refractivity contribution in [3.8, 4) is 0 Å². The minimum atomic E-state index is -0.650. The van der Waals surface area contributed by atoms with Crippen LogP contribution in [0.2, 0.25) is 0 Å². The molecule has 16 heavy (non-hydrogen) atoms. The van der Waals surface area contributed by atoms with Crippen molar-refractivity contribution in [1.82, 2.24) is 10.2 Å². The molecule has 0 bridgehead atoms. The Hall–Kier alpha value is -0.610. The first-order chi connectivity index (χ1) is 7.66. The summed E-state index contributed by atoms with van der Waals surface area (Å²) in [5.74, 6) is -0.0104. The molecular weight excluding hydrogens is 204 g/mol. The highest BCUT2D eigenvalue weighted by Gasteiger charge is 2.31. The van der Waals surface area contributed by atoms with Gasteiger partial charge in [-0.15, -0.1) is 0 Å². The van der Waals surface area contributed by atoms with E-state index in [0.29, 0.717) is 12.6 Å². The summed E-state index contributed by atoms with van der Waals surface area (Å²) < 4.78 is 0. The Bertz CT molecular complexity index is 249. The molecule has 2 heterocycles. The largest absolute Gasteiger partial charge is 0.481 e. The smallest absolute Gasteiger partial charge is 0.307 e. The highest BCUT2D eigenvalue weighted by molar-refractivity contribution is 5.70. The molecule has 0 radical (unpaired) electrons. The number of hydrogen-bond donors (Lipinski definition) is 2. The van der Waals surface area contributed by atoms with Crippen LogP contribution in [0, 0.1) is 11.8 Å². The fraction of sp³-hybridized carbons (Fsp3) is 0.917. The normalized spacial score (nSPS) is 33.8. The monoisotopic (exact) mass is 226 g/mol. The Morgan fingerprint density at radius 1 is 1.31 bits per heavy atom. The molecule has 2 aliphatic heterocycles. The van der Waals surface area contributed by atoms with Gasteiger partial charge in [0.1, 0.15) is 0 Å². The van der Waals surface area contributed by atoms with Crippen LogP contribution in [0.3, 0.4) is 0 Å². The van der Waals surface area contributed by atoms with E-state index in [1.54, 1.807) is 0 Å². The predicted molar refractivity (Wildman–Crippen MR) is 62.4 cm³/mol. The van der Waals surface area contributed by atoms with Gasteiger partial charge in [-0.3, -0.25) is 9.69 Å². The summed E-state index contributed by atoms with van der Waals surface area (Å²) in [5, 5.41) is 12.3. The van der Waals surface area contributed by atoms with E-state index in [0.717, 1.165) is 32.0 Å². The lowest BCUT2D eigenvalue weighted by Crippen LogP contribution is -2.52. The molecule has 0 aromatic heterocycles. The Morgan fingerprint density at radius 3 is 2.62 bits per heavy atom. The van der Waals surface area contributed by atoms with Crippen LogP contribution in [0.1, 0.15) is 26.2 Å². The molecule has 0 aromatic rings. The standard InChI is InChI=1S/C12H22N2O2/c1-9-2-4-14(5-3-9)11-6-10(12(15)16)7-13-8-11/h9-11,13H,2-8H2,1H3,(H,15,16)/t10-,11+/m0/s1. The molecule has 0 saturated carbocycles. The summed E-state index contributed by atoms with van der Waals surface area (Å²) in [4.78, 5) is 13.5. The summed E-state index contributed by atoms with van der Waals surface area (Å²) in [7, 11) is 0. The lowest BCUT2D eigenvalue weighted by molar-refractivity contribution is -0.143. The van der Waals surface area contributed by atoms with E-state index >= 15 is 0 Å². The number of likely N-dealkylation sites (tertiary alicyclic amines) is 1. The predicted octanol–water partition coefficient (Wildman–Crippen LogP) is 0.781. The van der Waals surface area contributed by atoms with Crippen LogP contribution in [-0.2, 0) is 4.79 Å². The van der Waals surface area contributed by atoms with Crippen LogP contribution in [0.25, 0.3) is 0 Å². The lowest BCUT2D eigenvalue weighted by atomic mass is 9.91. The molecule has 2 rings (SSSR count). The number of nitrogens with one attached hydrogen (secondary N) is 1. The van der Waals surface area contributed by atoms with Crippen molar-refractivity contribution < 1.29 is 9.90 Å². The van der Waals surface area contributed by atoms with Crippen LogP contribution in [0.4, 0.5) is 0 Å². The maximum absolute atomic E-state index is 11.0. The summed E-state index contributed by atoms with van der Waals surface area (Å²) in [5.41, 5.74) is 0. The highest BCUT2D eigenvalue weighted by atomic mass is 16.4. The van der Waals surface area contributed by atoms with Crippen LogP contribution in [0.15, 0.2) is 0 Å². The fourth-order valence-corrected chi connectivity index (χ4v) is 2.78. The maximum Gasteiger partial charge on any atom is 0.307 e. The summed E-state index contributed by atoms with van der Waals surface area (Å²) in [6.45, 7) is 6.17. The van der Waals surface area contributed by atoms with Crippen LogP contribution in [-0.4, -0.2) is 48.2 Å². The molecule has 4 heteroatoms. The van der Waals surface area contributed by atoms with Gasteiger partial charge in [0.25, 0.3) is 0 Å². The molecule has 92 valence electrons. The number of nitrogens with zero attached hydrogens (tertiary/aromatic N) is 1. The molecule has 0 amide bonds. The zero-order chi connectivity index (χ0) is 11.5. The van der Waals surface area contributed by atoms with Gasteiger partial charge in [-0.25, -0.2) is 0 Å². The molecule has 2 atom stereocenters. The second-order valence-corrected chi connectivity index (χ2v) is 5.30. The molecule has 2 aliphatic rings. The Labute approximate surface area is 97.0 Å².